The number of nitriles is 1. The Kier molecular flexibility index (Phi) is 6.33. The molecule has 0 saturated carbocycles. The van der Waals surface area contributed by atoms with Gasteiger partial charge in [-0.25, -0.2) is 9.36 Å². The number of aromatic nitrogens is 5. The maximum atomic E-state index is 13.4. The first kappa shape index (κ1) is 22.4. The zero-order valence-electron chi connectivity index (χ0n) is 18.9. The standard InChI is InChI=1S/C27H22N6OS/c28-16-9-17-31-27(35)33(21-12-5-2-6-13-21)25(30-31)19-32-26(34)23-15-8-7-14-22(23)24(29-32)18-20-10-3-1-4-11-20/h1-8,10-15H,9,17-19H2. The van der Waals surface area contributed by atoms with Gasteiger partial charge in [0.1, 0.15) is 6.54 Å². The van der Waals surface area contributed by atoms with Crippen molar-refractivity contribution in [2.45, 2.75) is 25.9 Å². The molecule has 3 aromatic carbocycles. The van der Waals surface area contributed by atoms with Crippen LogP contribution in [0.4, 0.5) is 0 Å². The van der Waals surface area contributed by atoms with Gasteiger partial charge in [-0.2, -0.15) is 15.5 Å². The summed E-state index contributed by atoms with van der Waals surface area (Å²) < 4.78 is 5.41. The van der Waals surface area contributed by atoms with E-state index in [1.165, 1.54) is 4.68 Å². The van der Waals surface area contributed by atoms with Crippen molar-refractivity contribution in [2.24, 2.45) is 0 Å². The van der Waals surface area contributed by atoms with Crippen LogP contribution in [-0.4, -0.2) is 24.1 Å². The Bertz CT molecular complexity index is 1650. The number of fused-ring (bicyclic) bond motifs is 1. The van der Waals surface area contributed by atoms with Crippen molar-refractivity contribution >= 4 is 23.0 Å². The molecule has 0 unspecified atom stereocenters. The third-order valence-electron chi connectivity index (χ3n) is 5.81. The van der Waals surface area contributed by atoms with Crippen LogP contribution in [0, 0.1) is 16.1 Å². The molecule has 0 bridgehead atoms. The van der Waals surface area contributed by atoms with Crippen molar-refractivity contribution < 1.29 is 0 Å². The molecule has 5 aromatic rings. The molecule has 0 aliphatic rings. The number of hydrogen-bond acceptors (Lipinski definition) is 5. The zero-order valence-corrected chi connectivity index (χ0v) is 19.7. The van der Waals surface area contributed by atoms with E-state index >= 15 is 0 Å². The van der Waals surface area contributed by atoms with Gasteiger partial charge < -0.3 is 0 Å². The molecule has 0 aliphatic carbocycles. The molecular formula is C27H22N6OS. The van der Waals surface area contributed by atoms with Gasteiger partial charge in [-0.05, 0) is 36.0 Å². The fourth-order valence-electron chi connectivity index (χ4n) is 4.16. The maximum Gasteiger partial charge on any atom is 0.275 e. The van der Waals surface area contributed by atoms with E-state index < -0.39 is 0 Å². The molecule has 172 valence electrons. The summed E-state index contributed by atoms with van der Waals surface area (Å²) >= 11 is 5.69. The van der Waals surface area contributed by atoms with Crippen LogP contribution in [0.25, 0.3) is 16.5 Å². The predicted molar refractivity (Wildman–Crippen MR) is 137 cm³/mol. The van der Waals surface area contributed by atoms with Gasteiger partial charge in [0.2, 0.25) is 4.77 Å². The van der Waals surface area contributed by atoms with E-state index in [0.717, 1.165) is 22.3 Å². The van der Waals surface area contributed by atoms with Crippen molar-refractivity contribution in [1.29, 1.82) is 5.26 Å². The van der Waals surface area contributed by atoms with Gasteiger partial charge in [0.05, 0.1) is 30.1 Å². The smallest absolute Gasteiger partial charge is 0.270 e. The van der Waals surface area contributed by atoms with Crippen LogP contribution >= 0.6 is 12.2 Å². The van der Waals surface area contributed by atoms with E-state index in [0.29, 0.717) is 28.9 Å². The number of para-hydroxylation sites is 1. The molecule has 5 rings (SSSR count). The van der Waals surface area contributed by atoms with Gasteiger partial charge in [-0.3, -0.25) is 9.36 Å². The number of aryl methyl sites for hydroxylation is 1. The van der Waals surface area contributed by atoms with Crippen molar-refractivity contribution in [3.63, 3.8) is 0 Å². The summed E-state index contributed by atoms with van der Waals surface area (Å²) in [5, 5.41) is 20.0. The van der Waals surface area contributed by atoms with Crippen LogP contribution < -0.4 is 5.56 Å². The van der Waals surface area contributed by atoms with E-state index in [1.807, 2.05) is 77.4 Å². The maximum absolute atomic E-state index is 13.4. The molecule has 2 aromatic heterocycles. The minimum Gasteiger partial charge on any atom is -0.270 e. The van der Waals surface area contributed by atoms with Gasteiger partial charge in [0.25, 0.3) is 5.56 Å². The summed E-state index contributed by atoms with van der Waals surface area (Å²) in [5.74, 6) is 0.578. The molecule has 7 nitrogen and oxygen atoms in total. The molecule has 0 spiro atoms. The second kappa shape index (κ2) is 9.87. The average molecular weight is 479 g/mol. The zero-order chi connectivity index (χ0) is 24.2. The Morgan fingerprint density at radius 1 is 0.829 bits per heavy atom. The lowest BCUT2D eigenvalue weighted by atomic mass is 10.0. The first-order valence-electron chi connectivity index (χ1n) is 11.3. The van der Waals surface area contributed by atoms with Crippen molar-refractivity contribution in [3.05, 3.63) is 117 Å². The lowest BCUT2D eigenvalue weighted by molar-refractivity contribution is 0.576. The summed E-state index contributed by atoms with van der Waals surface area (Å²) in [6, 6.07) is 29.4. The molecule has 0 atom stereocenters. The lowest BCUT2D eigenvalue weighted by Crippen LogP contribution is -2.26. The summed E-state index contributed by atoms with van der Waals surface area (Å²) in [6.07, 6.45) is 0.887. The third-order valence-corrected chi connectivity index (χ3v) is 6.20. The summed E-state index contributed by atoms with van der Waals surface area (Å²) in [6.45, 7) is 0.519. The Balaban J connectivity index is 1.64. The topological polar surface area (TPSA) is 81.4 Å². The average Bonchev–Trinajstić information content (AvgIpc) is 3.21. The molecule has 0 amide bonds. The Morgan fingerprint density at radius 2 is 1.49 bits per heavy atom. The van der Waals surface area contributed by atoms with Crippen LogP contribution in [0.3, 0.4) is 0 Å². The van der Waals surface area contributed by atoms with Crippen LogP contribution in [0.5, 0.6) is 0 Å². The van der Waals surface area contributed by atoms with Crippen molar-refractivity contribution in [3.8, 4) is 11.8 Å². The van der Waals surface area contributed by atoms with Crippen LogP contribution in [0.15, 0.2) is 89.7 Å². The van der Waals surface area contributed by atoms with Gasteiger partial charge >= 0.3 is 0 Å². The molecule has 8 heteroatoms. The van der Waals surface area contributed by atoms with Crippen LogP contribution in [0.1, 0.15) is 23.5 Å². The van der Waals surface area contributed by atoms with E-state index in [1.54, 1.807) is 4.68 Å². The first-order valence-corrected chi connectivity index (χ1v) is 11.7. The van der Waals surface area contributed by atoms with Gasteiger partial charge in [0, 0.05) is 17.5 Å². The molecule has 0 N–H and O–H groups in total. The van der Waals surface area contributed by atoms with Gasteiger partial charge in [0.15, 0.2) is 5.82 Å². The highest BCUT2D eigenvalue weighted by molar-refractivity contribution is 7.71. The van der Waals surface area contributed by atoms with Gasteiger partial charge in [-0.15, -0.1) is 0 Å². The fourth-order valence-corrected chi connectivity index (χ4v) is 4.50. The Labute approximate surface area is 207 Å². The number of hydrogen-bond donors (Lipinski definition) is 0. The van der Waals surface area contributed by atoms with Crippen LogP contribution in [0.2, 0.25) is 0 Å². The highest BCUT2D eigenvalue weighted by Gasteiger charge is 2.17. The second-order valence-electron chi connectivity index (χ2n) is 8.12. The predicted octanol–water partition coefficient (Wildman–Crippen LogP) is 4.67. The Hall–Kier alpha value is -4.35. The number of rotatable bonds is 7. The van der Waals surface area contributed by atoms with E-state index in [9.17, 15) is 4.79 Å². The minimum atomic E-state index is -0.186. The molecule has 2 heterocycles. The highest BCUT2D eigenvalue weighted by Crippen LogP contribution is 2.18. The molecule has 0 radical (unpaired) electrons. The molecular weight excluding hydrogens is 456 g/mol. The van der Waals surface area contributed by atoms with E-state index in [2.05, 4.69) is 23.3 Å². The van der Waals surface area contributed by atoms with E-state index in [-0.39, 0.29) is 18.5 Å². The van der Waals surface area contributed by atoms with Crippen molar-refractivity contribution in [1.82, 2.24) is 24.1 Å². The molecule has 0 fully saturated rings. The molecule has 35 heavy (non-hydrogen) atoms. The molecule has 0 aliphatic heterocycles. The minimum absolute atomic E-state index is 0.142. The van der Waals surface area contributed by atoms with Crippen molar-refractivity contribution in [2.75, 3.05) is 0 Å². The first-order chi connectivity index (χ1) is 17.2. The second-order valence-corrected chi connectivity index (χ2v) is 8.48. The monoisotopic (exact) mass is 478 g/mol. The summed E-state index contributed by atoms with van der Waals surface area (Å²) in [7, 11) is 0. The molecule has 0 saturated heterocycles. The Morgan fingerprint density at radius 3 is 2.20 bits per heavy atom. The fraction of sp³-hybridized carbons (Fsp3) is 0.148. The lowest BCUT2D eigenvalue weighted by Gasteiger charge is -2.12. The largest absolute Gasteiger partial charge is 0.275 e. The van der Waals surface area contributed by atoms with Gasteiger partial charge in [-0.1, -0.05) is 66.7 Å². The highest BCUT2D eigenvalue weighted by atomic mass is 32.1. The number of benzene rings is 3. The van der Waals surface area contributed by atoms with E-state index in [4.69, 9.17) is 22.6 Å². The quantitative estimate of drug-likeness (QED) is 0.318. The number of nitrogens with zero attached hydrogens (tertiary/aromatic N) is 6. The summed E-state index contributed by atoms with van der Waals surface area (Å²) in [4.78, 5) is 13.4. The normalized spacial score (nSPS) is 10.9. The van der Waals surface area contributed by atoms with Crippen LogP contribution in [-0.2, 0) is 19.5 Å². The summed E-state index contributed by atoms with van der Waals surface area (Å²) in [5.41, 5.74) is 2.59. The third kappa shape index (κ3) is 4.54. The SMILES string of the molecule is N#CCCn1nc(Cn2nc(Cc3ccccc3)c3ccccc3c2=O)n(-c2ccccc2)c1=S.